The highest BCUT2D eigenvalue weighted by molar-refractivity contribution is 5.98. The van der Waals surface area contributed by atoms with Gasteiger partial charge in [0.2, 0.25) is 5.89 Å². The molecule has 0 unspecified atom stereocenters. The highest BCUT2D eigenvalue weighted by atomic mass is 16.4. The average molecular weight is 219 g/mol. The Kier molecular flexibility index (Phi) is 2.42. The summed E-state index contributed by atoms with van der Waals surface area (Å²) in [5.74, 6) is 4.84. The molecule has 7 heteroatoms. The van der Waals surface area contributed by atoms with Crippen LogP contribution in [-0.4, -0.2) is 16.0 Å². The molecule has 1 aromatic carbocycles. The lowest BCUT2D eigenvalue weighted by atomic mass is 10.1. The fraction of sp³-hybridized carbons (Fsp3) is 0. The van der Waals surface area contributed by atoms with Crippen LogP contribution in [0.2, 0.25) is 0 Å². The molecule has 0 aliphatic heterocycles. The number of benzene rings is 1. The first-order valence-corrected chi connectivity index (χ1v) is 4.40. The van der Waals surface area contributed by atoms with Crippen LogP contribution in [-0.2, 0) is 0 Å². The Morgan fingerprint density at radius 3 is 2.94 bits per heavy atom. The summed E-state index contributed by atoms with van der Waals surface area (Å²) < 4.78 is 4.80. The molecule has 0 saturated carbocycles. The minimum absolute atomic E-state index is 0.191. The number of hydrogen-bond acceptors (Lipinski definition) is 5. The summed E-state index contributed by atoms with van der Waals surface area (Å²) in [5, 5.41) is 9.24. The maximum atomic E-state index is 10.8. The second-order valence-corrected chi connectivity index (χ2v) is 3.01. The zero-order valence-corrected chi connectivity index (χ0v) is 8.18. The number of rotatable bonds is 2. The first-order chi connectivity index (χ1) is 7.70. The lowest BCUT2D eigenvalue weighted by molar-refractivity contribution is 0.527. The van der Waals surface area contributed by atoms with Crippen LogP contribution in [0.25, 0.3) is 11.5 Å². The van der Waals surface area contributed by atoms with Gasteiger partial charge >= 0.3 is 5.76 Å². The normalized spacial score (nSPS) is 11.6. The van der Waals surface area contributed by atoms with Crippen LogP contribution in [0.4, 0.5) is 0 Å². The molecule has 0 bridgehead atoms. The molecule has 2 rings (SSSR count). The number of amidine groups is 1. The van der Waals surface area contributed by atoms with Crippen molar-refractivity contribution >= 4 is 5.84 Å². The summed E-state index contributed by atoms with van der Waals surface area (Å²) in [6, 6.07) is 6.87. The number of aromatic nitrogens is 2. The summed E-state index contributed by atoms with van der Waals surface area (Å²) >= 11 is 0. The monoisotopic (exact) mass is 219 g/mol. The SMILES string of the molecule is NN=C(N)c1cccc(-c2n[nH]c(=O)o2)c1. The van der Waals surface area contributed by atoms with Crippen molar-refractivity contribution in [2.24, 2.45) is 16.7 Å². The summed E-state index contributed by atoms with van der Waals surface area (Å²) in [4.78, 5) is 10.8. The number of aromatic amines is 1. The number of nitrogens with zero attached hydrogens (tertiary/aromatic N) is 2. The number of hydrazone groups is 1. The Bertz CT molecular complexity index is 583. The molecule has 2 aromatic rings. The van der Waals surface area contributed by atoms with Gasteiger partial charge in [-0.2, -0.15) is 5.10 Å². The maximum absolute atomic E-state index is 10.8. The van der Waals surface area contributed by atoms with Crippen molar-refractivity contribution in [3.63, 3.8) is 0 Å². The van der Waals surface area contributed by atoms with Crippen molar-refractivity contribution < 1.29 is 4.42 Å². The van der Waals surface area contributed by atoms with E-state index in [9.17, 15) is 4.79 Å². The predicted molar refractivity (Wildman–Crippen MR) is 57.5 cm³/mol. The van der Waals surface area contributed by atoms with Gasteiger partial charge in [-0.1, -0.05) is 12.1 Å². The zero-order chi connectivity index (χ0) is 11.5. The molecule has 5 N–H and O–H groups in total. The topological polar surface area (TPSA) is 123 Å². The van der Waals surface area contributed by atoms with E-state index in [0.717, 1.165) is 0 Å². The summed E-state index contributed by atoms with van der Waals surface area (Å²) in [5.41, 5.74) is 6.79. The second-order valence-electron chi connectivity index (χ2n) is 3.01. The van der Waals surface area contributed by atoms with Crippen molar-refractivity contribution in [1.29, 1.82) is 0 Å². The third-order valence-electron chi connectivity index (χ3n) is 1.98. The van der Waals surface area contributed by atoms with Gasteiger partial charge in [-0.05, 0) is 12.1 Å². The van der Waals surface area contributed by atoms with E-state index in [4.69, 9.17) is 16.0 Å². The van der Waals surface area contributed by atoms with Crippen LogP contribution in [0.1, 0.15) is 5.56 Å². The molecule has 0 spiro atoms. The highest BCUT2D eigenvalue weighted by Gasteiger charge is 2.06. The predicted octanol–water partition coefficient (Wildman–Crippen LogP) is -0.391. The lowest BCUT2D eigenvalue weighted by Gasteiger charge is -2.00. The highest BCUT2D eigenvalue weighted by Crippen LogP contribution is 2.16. The van der Waals surface area contributed by atoms with E-state index in [2.05, 4.69) is 15.3 Å². The Morgan fingerprint density at radius 1 is 1.50 bits per heavy atom. The van der Waals surface area contributed by atoms with Gasteiger partial charge in [0.1, 0.15) is 5.84 Å². The molecule has 82 valence electrons. The van der Waals surface area contributed by atoms with E-state index in [1.54, 1.807) is 24.3 Å². The van der Waals surface area contributed by atoms with Crippen molar-refractivity contribution in [2.45, 2.75) is 0 Å². The van der Waals surface area contributed by atoms with E-state index in [1.165, 1.54) is 0 Å². The molecule has 0 radical (unpaired) electrons. The minimum Gasteiger partial charge on any atom is -0.388 e. The first kappa shape index (κ1) is 9.97. The van der Waals surface area contributed by atoms with Crippen molar-refractivity contribution in [3.8, 4) is 11.5 Å². The van der Waals surface area contributed by atoms with Crippen LogP contribution in [0, 0.1) is 0 Å². The smallest absolute Gasteiger partial charge is 0.388 e. The number of nitrogens with one attached hydrogen (secondary N) is 1. The third kappa shape index (κ3) is 1.78. The van der Waals surface area contributed by atoms with Crippen molar-refractivity contribution in [2.75, 3.05) is 0 Å². The standard InChI is InChI=1S/C9H9N5O2/c10-7(12-11)5-2-1-3-6(4-5)8-13-14-9(15)16-8/h1-4H,11H2,(H2,10,12)(H,14,15). The van der Waals surface area contributed by atoms with Crippen molar-refractivity contribution in [1.82, 2.24) is 10.2 Å². The van der Waals surface area contributed by atoms with Crippen LogP contribution in [0.3, 0.4) is 0 Å². The molecule has 0 fully saturated rings. The first-order valence-electron chi connectivity index (χ1n) is 4.40. The van der Waals surface area contributed by atoms with Gasteiger partial charge in [-0.15, -0.1) is 5.10 Å². The summed E-state index contributed by atoms with van der Waals surface area (Å²) in [7, 11) is 0. The zero-order valence-electron chi connectivity index (χ0n) is 8.18. The van der Waals surface area contributed by atoms with Gasteiger partial charge in [0.15, 0.2) is 0 Å². The molecule has 0 aliphatic carbocycles. The van der Waals surface area contributed by atoms with Crippen LogP contribution in [0.15, 0.2) is 38.6 Å². The van der Waals surface area contributed by atoms with Gasteiger partial charge in [-0.3, -0.25) is 0 Å². The molecule has 1 heterocycles. The van der Waals surface area contributed by atoms with Gasteiger partial charge in [-0.25, -0.2) is 9.89 Å². The second kappa shape index (κ2) is 3.89. The molecule has 0 atom stereocenters. The molecule has 1 aromatic heterocycles. The number of nitrogens with two attached hydrogens (primary N) is 2. The molecular formula is C9H9N5O2. The Labute approximate surface area is 89.8 Å². The quantitative estimate of drug-likeness (QED) is 0.274. The van der Waals surface area contributed by atoms with Gasteiger partial charge in [0, 0.05) is 11.1 Å². The number of H-pyrrole nitrogens is 1. The van der Waals surface area contributed by atoms with E-state index in [0.29, 0.717) is 11.1 Å². The molecular weight excluding hydrogens is 210 g/mol. The van der Waals surface area contributed by atoms with Crippen LogP contribution < -0.4 is 17.3 Å². The molecule has 0 saturated heterocycles. The van der Waals surface area contributed by atoms with Crippen molar-refractivity contribution in [3.05, 3.63) is 40.4 Å². The Morgan fingerprint density at radius 2 is 2.31 bits per heavy atom. The van der Waals surface area contributed by atoms with Gasteiger partial charge < -0.3 is 16.0 Å². The average Bonchev–Trinajstić information content (AvgIpc) is 2.75. The van der Waals surface area contributed by atoms with Gasteiger partial charge in [0.25, 0.3) is 0 Å². The molecule has 0 aliphatic rings. The number of hydrogen-bond donors (Lipinski definition) is 3. The molecule has 16 heavy (non-hydrogen) atoms. The Hall–Kier alpha value is -2.57. The lowest BCUT2D eigenvalue weighted by Crippen LogP contribution is -2.15. The maximum Gasteiger partial charge on any atom is 0.434 e. The van der Waals surface area contributed by atoms with E-state index in [-0.39, 0.29) is 11.7 Å². The fourth-order valence-electron chi connectivity index (χ4n) is 1.24. The van der Waals surface area contributed by atoms with Gasteiger partial charge in [0.05, 0.1) is 0 Å². The van der Waals surface area contributed by atoms with Crippen LogP contribution >= 0.6 is 0 Å². The fourth-order valence-corrected chi connectivity index (χ4v) is 1.24. The minimum atomic E-state index is -0.610. The van der Waals surface area contributed by atoms with E-state index in [1.807, 2.05) is 0 Å². The summed E-state index contributed by atoms with van der Waals surface area (Å²) in [6.45, 7) is 0. The molecule has 0 amide bonds. The largest absolute Gasteiger partial charge is 0.434 e. The van der Waals surface area contributed by atoms with Crippen LogP contribution in [0.5, 0.6) is 0 Å². The third-order valence-corrected chi connectivity index (χ3v) is 1.98. The van der Waals surface area contributed by atoms with E-state index < -0.39 is 5.76 Å². The summed E-state index contributed by atoms with van der Waals surface area (Å²) in [6.07, 6.45) is 0. The van der Waals surface area contributed by atoms with E-state index >= 15 is 0 Å². The Balaban J connectivity index is 2.47. The molecule has 7 nitrogen and oxygen atoms in total.